The Morgan fingerprint density at radius 3 is 2.53 bits per heavy atom. The molecule has 1 heterocycles. The predicted octanol–water partition coefficient (Wildman–Crippen LogP) is 1.56. The van der Waals surface area contributed by atoms with Gasteiger partial charge in [0.15, 0.2) is 0 Å². The molecule has 0 radical (unpaired) electrons. The monoisotopic (exact) mass is 235 g/mol. The molecule has 2 N–H and O–H groups in total. The minimum absolute atomic E-state index is 0.0573. The topological polar surface area (TPSA) is 59.2 Å². The predicted molar refractivity (Wildman–Crippen MR) is 68.2 cm³/mol. The summed E-state index contributed by atoms with van der Waals surface area (Å²) in [4.78, 5) is 18.2. The summed E-state index contributed by atoms with van der Waals surface area (Å²) in [5, 5.41) is 0. The van der Waals surface area contributed by atoms with Gasteiger partial charge in [-0.1, -0.05) is 6.07 Å². The lowest BCUT2D eigenvalue weighted by Gasteiger charge is -2.32. The molecule has 17 heavy (non-hydrogen) atoms. The average Bonchev–Trinajstić information content (AvgIpc) is 2.24. The first-order valence-electron chi connectivity index (χ1n) is 5.82. The van der Waals surface area contributed by atoms with Crippen molar-refractivity contribution in [3.63, 3.8) is 0 Å². The van der Waals surface area contributed by atoms with E-state index in [1.807, 2.05) is 32.0 Å². The number of carbonyl (C=O) groups is 1. The molecule has 0 spiro atoms. The summed E-state index contributed by atoms with van der Waals surface area (Å²) in [6.07, 6.45) is 1.73. The van der Waals surface area contributed by atoms with Crippen molar-refractivity contribution in [1.29, 1.82) is 0 Å². The number of amides is 1. The van der Waals surface area contributed by atoms with Crippen molar-refractivity contribution in [1.82, 2.24) is 9.88 Å². The maximum atomic E-state index is 12.2. The molecule has 0 aliphatic heterocycles. The number of nitrogens with two attached hydrogens (primary N) is 1. The largest absolute Gasteiger partial charge is 0.333 e. The zero-order chi connectivity index (χ0) is 13.1. The molecule has 0 aliphatic carbocycles. The van der Waals surface area contributed by atoms with Crippen LogP contribution in [0.25, 0.3) is 0 Å². The summed E-state index contributed by atoms with van der Waals surface area (Å²) in [6, 6.07) is 5.79. The molecule has 0 fully saturated rings. The molecular weight excluding hydrogens is 214 g/mol. The molecule has 4 nitrogen and oxygen atoms in total. The molecular formula is C13H21N3O. The van der Waals surface area contributed by atoms with Crippen molar-refractivity contribution in [2.45, 2.75) is 45.8 Å². The fourth-order valence-electron chi connectivity index (χ4n) is 1.53. The van der Waals surface area contributed by atoms with Gasteiger partial charge in [0.25, 0.3) is 0 Å². The SMILES string of the molecule is CC(C)N(Cc1ccccn1)C(=O)C(C)(C)N. The lowest BCUT2D eigenvalue weighted by Crippen LogP contribution is -2.52. The molecule has 1 amide bonds. The van der Waals surface area contributed by atoms with E-state index in [-0.39, 0.29) is 11.9 Å². The highest BCUT2D eigenvalue weighted by Crippen LogP contribution is 2.12. The summed E-state index contributed by atoms with van der Waals surface area (Å²) >= 11 is 0. The van der Waals surface area contributed by atoms with Crippen molar-refractivity contribution >= 4 is 5.91 Å². The molecule has 94 valence electrons. The number of rotatable bonds is 4. The molecule has 4 heteroatoms. The number of pyridine rings is 1. The van der Waals surface area contributed by atoms with E-state index in [1.165, 1.54) is 0 Å². The standard InChI is InChI=1S/C13H21N3O/c1-10(2)16(12(17)13(3,4)14)9-11-7-5-6-8-15-11/h5-8,10H,9,14H2,1-4H3. The first kappa shape index (κ1) is 13.6. The molecule has 0 saturated carbocycles. The molecule has 0 bridgehead atoms. The van der Waals surface area contributed by atoms with Gasteiger partial charge >= 0.3 is 0 Å². The van der Waals surface area contributed by atoms with Crippen LogP contribution in [0.4, 0.5) is 0 Å². The van der Waals surface area contributed by atoms with Gasteiger partial charge in [-0.15, -0.1) is 0 Å². The van der Waals surface area contributed by atoms with Gasteiger partial charge in [0.2, 0.25) is 5.91 Å². The van der Waals surface area contributed by atoms with E-state index in [0.717, 1.165) is 5.69 Å². The number of carbonyl (C=O) groups excluding carboxylic acids is 1. The van der Waals surface area contributed by atoms with Gasteiger partial charge in [-0.2, -0.15) is 0 Å². The Kier molecular flexibility index (Phi) is 4.23. The first-order chi connectivity index (χ1) is 7.82. The summed E-state index contributed by atoms with van der Waals surface area (Å²) in [5.74, 6) is -0.0573. The second kappa shape index (κ2) is 5.27. The summed E-state index contributed by atoms with van der Waals surface area (Å²) in [5.41, 5.74) is 5.89. The quantitative estimate of drug-likeness (QED) is 0.861. The summed E-state index contributed by atoms with van der Waals surface area (Å²) in [7, 11) is 0. The highest BCUT2D eigenvalue weighted by Gasteiger charge is 2.29. The van der Waals surface area contributed by atoms with E-state index in [4.69, 9.17) is 5.73 Å². The van der Waals surface area contributed by atoms with E-state index >= 15 is 0 Å². The third kappa shape index (κ3) is 3.82. The number of hydrogen-bond acceptors (Lipinski definition) is 3. The van der Waals surface area contributed by atoms with Crippen LogP contribution < -0.4 is 5.73 Å². The normalized spacial score (nSPS) is 11.6. The zero-order valence-corrected chi connectivity index (χ0v) is 11.0. The fourth-order valence-corrected chi connectivity index (χ4v) is 1.53. The van der Waals surface area contributed by atoms with Crippen LogP contribution >= 0.6 is 0 Å². The fraction of sp³-hybridized carbons (Fsp3) is 0.538. The van der Waals surface area contributed by atoms with Crippen molar-refractivity contribution in [3.05, 3.63) is 30.1 Å². The molecule has 1 rings (SSSR count). The zero-order valence-electron chi connectivity index (χ0n) is 11.0. The van der Waals surface area contributed by atoms with Crippen LogP contribution in [0.15, 0.2) is 24.4 Å². The van der Waals surface area contributed by atoms with Crippen molar-refractivity contribution < 1.29 is 4.79 Å². The Morgan fingerprint density at radius 2 is 2.12 bits per heavy atom. The third-order valence-electron chi connectivity index (χ3n) is 2.49. The maximum absolute atomic E-state index is 12.2. The first-order valence-corrected chi connectivity index (χ1v) is 5.82. The van der Waals surface area contributed by atoms with Gasteiger partial charge in [-0.3, -0.25) is 9.78 Å². The summed E-state index contributed by atoms with van der Waals surface area (Å²) in [6.45, 7) is 7.91. The van der Waals surface area contributed by atoms with Crippen LogP contribution in [0.3, 0.4) is 0 Å². The smallest absolute Gasteiger partial charge is 0.242 e. The molecule has 0 aliphatic rings. The van der Waals surface area contributed by atoms with Crippen LogP contribution in [0.1, 0.15) is 33.4 Å². The van der Waals surface area contributed by atoms with Crippen LogP contribution in [-0.4, -0.2) is 27.4 Å². The van der Waals surface area contributed by atoms with E-state index < -0.39 is 5.54 Å². The molecule has 0 aromatic carbocycles. The lowest BCUT2D eigenvalue weighted by molar-refractivity contribution is -0.138. The maximum Gasteiger partial charge on any atom is 0.242 e. The highest BCUT2D eigenvalue weighted by atomic mass is 16.2. The Hall–Kier alpha value is -1.42. The van der Waals surface area contributed by atoms with Gasteiger partial charge in [0, 0.05) is 12.2 Å². The molecule has 0 saturated heterocycles. The van der Waals surface area contributed by atoms with E-state index in [1.54, 1.807) is 24.9 Å². The van der Waals surface area contributed by atoms with Crippen LogP contribution in [0.2, 0.25) is 0 Å². The van der Waals surface area contributed by atoms with Crippen molar-refractivity contribution in [2.75, 3.05) is 0 Å². The Labute approximate surface area is 103 Å². The summed E-state index contributed by atoms with van der Waals surface area (Å²) < 4.78 is 0. The second-order valence-corrected chi connectivity index (χ2v) is 5.07. The van der Waals surface area contributed by atoms with Crippen molar-refractivity contribution in [3.8, 4) is 0 Å². The van der Waals surface area contributed by atoms with Crippen LogP contribution in [0, 0.1) is 0 Å². The van der Waals surface area contributed by atoms with Crippen molar-refractivity contribution in [2.24, 2.45) is 5.73 Å². The van der Waals surface area contributed by atoms with Gasteiger partial charge in [0.1, 0.15) is 0 Å². The Balaban J connectivity index is 2.85. The number of hydrogen-bond donors (Lipinski definition) is 1. The lowest BCUT2D eigenvalue weighted by atomic mass is 10.0. The average molecular weight is 235 g/mol. The van der Waals surface area contributed by atoms with Gasteiger partial charge < -0.3 is 10.6 Å². The van der Waals surface area contributed by atoms with E-state index in [0.29, 0.717) is 6.54 Å². The Bertz CT molecular complexity index is 368. The minimum Gasteiger partial charge on any atom is -0.333 e. The molecule has 0 atom stereocenters. The molecule has 1 aromatic heterocycles. The van der Waals surface area contributed by atoms with Gasteiger partial charge in [0.05, 0.1) is 17.8 Å². The number of nitrogens with zero attached hydrogens (tertiary/aromatic N) is 2. The number of aromatic nitrogens is 1. The van der Waals surface area contributed by atoms with Crippen LogP contribution in [-0.2, 0) is 11.3 Å². The van der Waals surface area contributed by atoms with E-state index in [2.05, 4.69) is 4.98 Å². The minimum atomic E-state index is -0.848. The van der Waals surface area contributed by atoms with Gasteiger partial charge in [-0.25, -0.2) is 0 Å². The van der Waals surface area contributed by atoms with Gasteiger partial charge in [-0.05, 0) is 39.8 Å². The highest BCUT2D eigenvalue weighted by molar-refractivity contribution is 5.85. The third-order valence-corrected chi connectivity index (χ3v) is 2.49. The molecule has 1 aromatic rings. The molecule has 0 unspecified atom stereocenters. The van der Waals surface area contributed by atoms with E-state index in [9.17, 15) is 4.79 Å². The second-order valence-electron chi connectivity index (χ2n) is 5.07. The van der Waals surface area contributed by atoms with Crippen LogP contribution in [0.5, 0.6) is 0 Å². The Morgan fingerprint density at radius 1 is 1.47 bits per heavy atom.